The third kappa shape index (κ3) is 2.34. The largest absolute Gasteiger partial charge is 0.299 e. The van der Waals surface area contributed by atoms with Gasteiger partial charge in [-0.2, -0.15) is 0 Å². The van der Waals surface area contributed by atoms with Crippen molar-refractivity contribution in [2.24, 2.45) is 0 Å². The molecule has 0 aliphatic carbocycles. The van der Waals surface area contributed by atoms with Gasteiger partial charge in [-0.15, -0.1) is 0 Å². The van der Waals surface area contributed by atoms with Crippen LogP contribution in [0.15, 0.2) is 22.7 Å². The second-order valence-electron chi connectivity index (χ2n) is 3.73. The zero-order chi connectivity index (χ0) is 9.97. The van der Waals surface area contributed by atoms with Gasteiger partial charge in [-0.25, -0.2) is 4.39 Å². The lowest BCUT2D eigenvalue weighted by Crippen LogP contribution is -2.18. The summed E-state index contributed by atoms with van der Waals surface area (Å²) in [6.07, 6.45) is 2.55. The highest BCUT2D eigenvalue weighted by Crippen LogP contribution is 2.18. The highest BCUT2D eigenvalue weighted by atomic mass is 79.9. The first-order chi connectivity index (χ1) is 6.75. The van der Waals surface area contributed by atoms with E-state index in [4.69, 9.17) is 0 Å². The maximum absolute atomic E-state index is 13.2. The molecule has 0 radical (unpaired) electrons. The molecule has 1 aromatic rings. The van der Waals surface area contributed by atoms with Gasteiger partial charge in [-0.05, 0) is 59.6 Å². The summed E-state index contributed by atoms with van der Waals surface area (Å²) in [4.78, 5) is 2.36. The number of hydrogen-bond acceptors (Lipinski definition) is 1. The standard InChI is InChI=1S/C11H13BrFN/c12-10-4-3-9(7-11(10)13)8-14-5-1-2-6-14/h3-4,7H,1-2,5-6,8H2. The number of benzene rings is 1. The van der Waals surface area contributed by atoms with Crippen LogP contribution in [0.1, 0.15) is 18.4 Å². The third-order valence-electron chi connectivity index (χ3n) is 2.59. The highest BCUT2D eigenvalue weighted by Gasteiger charge is 2.12. The smallest absolute Gasteiger partial charge is 0.137 e. The maximum Gasteiger partial charge on any atom is 0.137 e. The van der Waals surface area contributed by atoms with E-state index in [9.17, 15) is 4.39 Å². The second-order valence-corrected chi connectivity index (χ2v) is 4.59. The molecule has 0 N–H and O–H groups in total. The average Bonchev–Trinajstić information content (AvgIpc) is 2.64. The summed E-state index contributed by atoms with van der Waals surface area (Å²) in [6.45, 7) is 3.18. The Balaban J connectivity index is 2.05. The zero-order valence-electron chi connectivity index (χ0n) is 7.97. The zero-order valence-corrected chi connectivity index (χ0v) is 9.56. The van der Waals surface area contributed by atoms with E-state index < -0.39 is 0 Å². The molecule has 3 heteroatoms. The van der Waals surface area contributed by atoms with Crippen molar-refractivity contribution in [2.45, 2.75) is 19.4 Å². The Labute approximate surface area is 92.0 Å². The third-order valence-corrected chi connectivity index (χ3v) is 3.23. The van der Waals surface area contributed by atoms with Gasteiger partial charge >= 0.3 is 0 Å². The van der Waals surface area contributed by atoms with Crippen molar-refractivity contribution in [3.8, 4) is 0 Å². The van der Waals surface area contributed by atoms with Crippen LogP contribution in [-0.4, -0.2) is 18.0 Å². The van der Waals surface area contributed by atoms with Gasteiger partial charge in [0, 0.05) is 6.54 Å². The lowest BCUT2D eigenvalue weighted by Gasteiger charge is -2.14. The van der Waals surface area contributed by atoms with Gasteiger partial charge < -0.3 is 0 Å². The van der Waals surface area contributed by atoms with E-state index >= 15 is 0 Å². The minimum atomic E-state index is -0.165. The predicted octanol–water partition coefficient (Wildman–Crippen LogP) is 3.18. The number of rotatable bonds is 2. The normalized spacial score (nSPS) is 17.6. The Kier molecular flexibility index (Phi) is 3.19. The topological polar surface area (TPSA) is 3.24 Å². The Hall–Kier alpha value is -0.410. The van der Waals surface area contributed by atoms with Crippen molar-refractivity contribution in [2.75, 3.05) is 13.1 Å². The minimum Gasteiger partial charge on any atom is -0.299 e. The lowest BCUT2D eigenvalue weighted by atomic mass is 10.2. The summed E-state index contributed by atoms with van der Waals surface area (Å²) < 4.78 is 13.7. The van der Waals surface area contributed by atoms with Gasteiger partial charge in [0.05, 0.1) is 4.47 Å². The van der Waals surface area contributed by atoms with E-state index in [-0.39, 0.29) is 5.82 Å². The molecule has 1 saturated heterocycles. The average molecular weight is 258 g/mol. The quantitative estimate of drug-likeness (QED) is 0.787. The lowest BCUT2D eigenvalue weighted by molar-refractivity contribution is 0.331. The number of likely N-dealkylation sites (tertiary alicyclic amines) is 1. The van der Waals surface area contributed by atoms with Crippen molar-refractivity contribution >= 4 is 15.9 Å². The molecule has 0 atom stereocenters. The molecule has 1 heterocycles. The number of halogens is 2. The fraction of sp³-hybridized carbons (Fsp3) is 0.455. The van der Waals surface area contributed by atoms with E-state index in [2.05, 4.69) is 20.8 Å². The van der Waals surface area contributed by atoms with Crippen LogP contribution in [0.4, 0.5) is 4.39 Å². The molecule has 1 aromatic carbocycles. The molecule has 1 aliphatic rings. The molecular weight excluding hydrogens is 245 g/mol. The van der Waals surface area contributed by atoms with Crippen LogP contribution in [0, 0.1) is 5.82 Å². The molecule has 76 valence electrons. The van der Waals surface area contributed by atoms with Crippen LogP contribution >= 0.6 is 15.9 Å². The van der Waals surface area contributed by atoms with Crippen molar-refractivity contribution in [1.82, 2.24) is 4.90 Å². The van der Waals surface area contributed by atoms with E-state index in [1.165, 1.54) is 12.8 Å². The molecule has 0 bridgehead atoms. The number of hydrogen-bond donors (Lipinski definition) is 0. The molecule has 0 unspecified atom stereocenters. The molecule has 0 aromatic heterocycles. The predicted molar refractivity (Wildman–Crippen MR) is 58.6 cm³/mol. The van der Waals surface area contributed by atoms with E-state index in [1.54, 1.807) is 12.1 Å². The molecule has 14 heavy (non-hydrogen) atoms. The molecule has 2 rings (SSSR count). The van der Waals surface area contributed by atoms with Gasteiger partial charge in [0.25, 0.3) is 0 Å². The summed E-state index contributed by atoms with van der Waals surface area (Å²) in [7, 11) is 0. The van der Waals surface area contributed by atoms with Crippen molar-refractivity contribution in [1.29, 1.82) is 0 Å². The van der Waals surface area contributed by atoms with E-state index in [1.807, 2.05) is 6.07 Å². The Morgan fingerprint density at radius 1 is 1.29 bits per heavy atom. The van der Waals surface area contributed by atoms with Crippen LogP contribution in [-0.2, 0) is 6.54 Å². The van der Waals surface area contributed by atoms with E-state index in [0.717, 1.165) is 25.2 Å². The van der Waals surface area contributed by atoms with E-state index in [0.29, 0.717) is 4.47 Å². The van der Waals surface area contributed by atoms with Crippen LogP contribution < -0.4 is 0 Å². The first-order valence-corrected chi connectivity index (χ1v) is 5.71. The molecule has 1 nitrogen and oxygen atoms in total. The first-order valence-electron chi connectivity index (χ1n) is 4.92. The monoisotopic (exact) mass is 257 g/mol. The summed E-state index contributed by atoms with van der Waals surface area (Å²) >= 11 is 3.15. The van der Waals surface area contributed by atoms with Crippen LogP contribution in [0.2, 0.25) is 0 Å². The summed E-state index contributed by atoms with van der Waals surface area (Å²) in [6, 6.07) is 5.37. The highest BCUT2D eigenvalue weighted by molar-refractivity contribution is 9.10. The summed E-state index contributed by atoms with van der Waals surface area (Å²) in [5.41, 5.74) is 1.06. The summed E-state index contributed by atoms with van der Waals surface area (Å²) in [5, 5.41) is 0. The molecule has 1 aliphatic heterocycles. The maximum atomic E-state index is 13.2. The van der Waals surface area contributed by atoms with Crippen LogP contribution in [0.25, 0.3) is 0 Å². The fourth-order valence-corrected chi connectivity index (χ4v) is 2.08. The van der Waals surface area contributed by atoms with Gasteiger partial charge in [0.1, 0.15) is 5.82 Å². The molecule has 0 saturated carbocycles. The van der Waals surface area contributed by atoms with Crippen LogP contribution in [0.3, 0.4) is 0 Å². The Morgan fingerprint density at radius 2 is 2.00 bits per heavy atom. The van der Waals surface area contributed by atoms with Gasteiger partial charge in [0.2, 0.25) is 0 Å². The fourth-order valence-electron chi connectivity index (χ4n) is 1.84. The minimum absolute atomic E-state index is 0.165. The Bertz CT molecular complexity index is 321. The number of nitrogens with zero attached hydrogens (tertiary/aromatic N) is 1. The van der Waals surface area contributed by atoms with Gasteiger partial charge in [-0.3, -0.25) is 4.90 Å². The molecular formula is C11H13BrFN. The van der Waals surface area contributed by atoms with Crippen LogP contribution in [0.5, 0.6) is 0 Å². The van der Waals surface area contributed by atoms with Crippen molar-refractivity contribution in [3.63, 3.8) is 0 Å². The SMILES string of the molecule is Fc1cc(CN2CCCC2)ccc1Br. The van der Waals surface area contributed by atoms with Crippen molar-refractivity contribution < 1.29 is 4.39 Å². The second kappa shape index (κ2) is 4.41. The summed E-state index contributed by atoms with van der Waals surface area (Å²) in [5.74, 6) is -0.165. The molecule has 0 amide bonds. The first kappa shape index (κ1) is 10.1. The Morgan fingerprint density at radius 3 is 2.64 bits per heavy atom. The van der Waals surface area contributed by atoms with Gasteiger partial charge in [0.15, 0.2) is 0 Å². The van der Waals surface area contributed by atoms with Gasteiger partial charge in [-0.1, -0.05) is 6.07 Å². The van der Waals surface area contributed by atoms with Crippen molar-refractivity contribution in [3.05, 3.63) is 34.1 Å². The molecule has 1 fully saturated rings. The molecule has 0 spiro atoms.